The zero-order valence-electron chi connectivity index (χ0n) is 12.4. The summed E-state index contributed by atoms with van der Waals surface area (Å²) in [7, 11) is 0. The fraction of sp³-hybridized carbons (Fsp3) is 0.444. The Kier molecular flexibility index (Phi) is 3.00. The van der Waals surface area contributed by atoms with Crippen molar-refractivity contribution >= 4 is 5.69 Å². The SMILES string of the molecule is CC1=CC(c2c(C)ccc3c2NCCC3)C(C)=C1C. The first-order valence-electron chi connectivity index (χ1n) is 7.32. The molecule has 0 saturated heterocycles. The number of rotatable bonds is 1. The largest absolute Gasteiger partial charge is 0.385 e. The van der Waals surface area contributed by atoms with Gasteiger partial charge in [-0.3, -0.25) is 0 Å². The number of fused-ring (bicyclic) bond motifs is 1. The van der Waals surface area contributed by atoms with Crippen LogP contribution in [0.4, 0.5) is 5.69 Å². The van der Waals surface area contributed by atoms with Gasteiger partial charge in [0.15, 0.2) is 0 Å². The van der Waals surface area contributed by atoms with Gasteiger partial charge >= 0.3 is 0 Å². The molecule has 3 rings (SSSR count). The van der Waals surface area contributed by atoms with Crippen molar-refractivity contribution in [2.45, 2.75) is 46.5 Å². The van der Waals surface area contributed by atoms with Crippen LogP contribution in [0.5, 0.6) is 0 Å². The summed E-state index contributed by atoms with van der Waals surface area (Å²) in [6, 6.07) is 4.60. The molecule has 0 spiro atoms. The Morgan fingerprint density at radius 2 is 1.89 bits per heavy atom. The molecular formula is C18H23N. The summed E-state index contributed by atoms with van der Waals surface area (Å²) in [6.07, 6.45) is 4.90. The van der Waals surface area contributed by atoms with Crippen LogP contribution < -0.4 is 5.32 Å². The van der Waals surface area contributed by atoms with Crippen molar-refractivity contribution in [1.82, 2.24) is 0 Å². The Morgan fingerprint density at radius 3 is 2.58 bits per heavy atom. The van der Waals surface area contributed by atoms with Gasteiger partial charge in [-0.25, -0.2) is 0 Å². The van der Waals surface area contributed by atoms with E-state index in [4.69, 9.17) is 0 Å². The average Bonchev–Trinajstić information content (AvgIpc) is 2.66. The van der Waals surface area contributed by atoms with Gasteiger partial charge in [-0.05, 0) is 62.8 Å². The predicted molar refractivity (Wildman–Crippen MR) is 82.9 cm³/mol. The monoisotopic (exact) mass is 253 g/mol. The Hall–Kier alpha value is -1.50. The molecule has 1 aromatic rings. The van der Waals surface area contributed by atoms with Crippen molar-refractivity contribution in [2.75, 3.05) is 11.9 Å². The number of hydrogen-bond donors (Lipinski definition) is 1. The van der Waals surface area contributed by atoms with Crippen LogP contribution in [0.1, 0.15) is 49.8 Å². The molecule has 0 amide bonds. The van der Waals surface area contributed by atoms with Gasteiger partial charge < -0.3 is 5.32 Å². The summed E-state index contributed by atoms with van der Waals surface area (Å²) < 4.78 is 0. The lowest BCUT2D eigenvalue weighted by molar-refractivity contribution is 0.818. The maximum Gasteiger partial charge on any atom is 0.0417 e. The molecule has 1 heteroatoms. The summed E-state index contributed by atoms with van der Waals surface area (Å²) in [4.78, 5) is 0. The Balaban J connectivity index is 2.16. The van der Waals surface area contributed by atoms with Gasteiger partial charge in [-0.2, -0.15) is 0 Å². The fourth-order valence-electron chi connectivity index (χ4n) is 3.42. The summed E-state index contributed by atoms with van der Waals surface area (Å²) in [5, 5.41) is 3.65. The Bertz CT molecular complexity index is 590. The van der Waals surface area contributed by atoms with Gasteiger partial charge in [0, 0.05) is 18.2 Å². The van der Waals surface area contributed by atoms with Crippen LogP contribution in [-0.2, 0) is 6.42 Å². The van der Waals surface area contributed by atoms with E-state index in [2.05, 4.69) is 51.2 Å². The van der Waals surface area contributed by atoms with Crippen molar-refractivity contribution in [1.29, 1.82) is 0 Å². The number of benzene rings is 1. The summed E-state index contributed by atoms with van der Waals surface area (Å²) in [5.74, 6) is 0.473. The first-order valence-corrected chi connectivity index (χ1v) is 7.32. The molecular weight excluding hydrogens is 230 g/mol. The molecule has 0 fully saturated rings. The average molecular weight is 253 g/mol. The zero-order valence-corrected chi connectivity index (χ0v) is 12.4. The second kappa shape index (κ2) is 4.56. The van der Waals surface area contributed by atoms with Crippen LogP contribution in [0.15, 0.2) is 34.9 Å². The third kappa shape index (κ3) is 1.92. The van der Waals surface area contributed by atoms with Gasteiger partial charge in [0.1, 0.15) is 0 Å². The van der Waals surface area contributed by atoms with E-state index < -0.39 is 0 Å². The molecule has 1 N–H and O–H groups in total. The van der Waals surface area contributed by atoms with E-state index in [1.807, 2.05) is 0 Å². The van der Waals surface area contributed by atoms with Gasteiger partial charge in [0.2, 0.25) is 0 Å². The normalized spacial score (nSPS) is 22.1. The van der Waals surface area contributed by atoms with Crippen molar-refractivity contribution in [3.63, 3.8) is 0 Å². The van der Waals surface area contributed by atoms with Gasteiger partial charge in [0.25, 0.3) is 0 Å². The van der Waals surface area contributed by atoms with Gasteiger partial charge in [-0.15, -0.1) is 0 Å². The van der Waals surface area contributed by atoms with E-state index >= 15 is 0 Å². The lowest BCUT2D eigenvalue weighted by Crippen LogP contribution is -2.16. The van der Waals surface area contributed by atoms with Crippen LogP contribution >= 0.6 is 0 Å². The second-order valence-corrected chi connectivity index (χ2v) is 6.00. The van der Waals surface area contributed by atoms with E-state index in [1.165, 1.54) is 51.9 Å². The molecule has 0 radical (unpaired) electrons. The molecule has 1 aliphatic heterocycles. The minimum absolute atomic E-state index is 0.473. The molecule has 100 valence electrons. The van der Waals surface area contributed by atoms with E-state index in [1.54, 1.807) is 0 Å². The molecule has 0 bridgehead atoms. The first-order chi connectivity index (χ1) is 9.09. The Labute approximate surface area is 116 Å². The van der Waals surface area contributed by atoms with Crippen LogP contribution in [0.25, 0.3) is 0 Å². The topological polar surface area (TPSA) is 12.0 Å². The highest BCUT2D eigenvalue weighted by atomic mass is 14.9. The van der Waals surface area contributed by atoms with Crippen LogP contribution in [0, 0.1) is 6.92 Å². The van der Waals surface area contributed by atoms with Crippen molar-refractivity contribution < 1.29 is 0 Å². The second-order valence-electron chi connectivity index (χ2n) is 6.00. The van der Waals surface area contributed by atoms with Gasteiger partial charge in [-0.1, -0.05) is 29.4 Å². The highest BCUT2D eigenvalue weighted by Gasteiger charge is 2.26. The molecule has 0 aromatic heterocycles. The molecule has 1 heterocycles. The third-order valence-electron chi connectivity index (χ3n) is 4.85. The van der Waals surface area contributed by atoms with Crippen LogP contribution in [-0.4, -0.2) is 6.54 Å². The number of hydrogen-bond acceptors (Lipinski definition) is 1. The summed E-state index contributed by atoms with van der Waals surface area (Å²) in [5.41, 5.74) is 10.3. The summed E-state index contributed by atoms with van der Waals surface area (Å²) >= 11 is 0. The first kappa shape index (κ1) is 12.5. The standard InChI is InChI=1S/C18H23N/c1-11-7-8-15-6-5-9-19-18(15)17(11)16-10-12(2)13(3)14(16)4/h7-8,10,16,19H,5-6,9H2,1-4H3. The molecule has 0 saturated carbocycles. The fourth-order valence-corrected chi connectivity index (χ4v) is 3.42. The van der Waals surface area contributed by atoms with Gasteiger partial charge in [0.05, 0.1) is 0 Å². The van der Waals surface area contributed by atoms with E-state index in [9.17, 15) is 0 Å². The number of allylic oxidation sites excluding steroid dienone is 4. The van der Waals surface area contributed by atoms with E-state index in [0.717, 1.165) is 6.54 Å². The third-order valence-corrected chi connectivity index (χ3v) is 4.85. The maximum absolute atomic E-state index is 3.65. The smallest absolute Gasteiger partial charge is 0.0417 e. The Morgan fingerprint density at radius 1 is 1.11 bits per heavy atom. The van der Waals surface area contributed by atoms with E-state index in [-0.39, 0.29) is 0 Å². The predicted octanol–water partition coefficient (Wildman–Crippen LogP) is 4.73. The molecule has 1 aromatic carbocycles. The van der Waals surface area contributed by atoms with E-state index in [0.29, 0.717) is 5.92 Å². The summed E-state index contributed by atoms with van der Waals surface area (Å²) in [6.45, 7) is 10.1. The molecule has 2 aliphatic rings. The highest BCUT2D eigenvalue weighted by Crippen LogP contribution is 2.43. The van der Waals surface area contributed by atoms with Crippen LogP contribution in [0.3, 0.4) is 0 Å². The van der Waals surface area contributed by atoms with Crippen molar-refractivity contribution in [3.8, 4) is 0 Å². The quantitative estimate of drug-likeness (QED) is 0.762. The highest BCUT2D eigenvalue weighted by molar-refractivity contribution is 5.67. The number of aryl methyl sites for hydroxylation is 2. The molecule has 1 aliphatic carbocycles. The lowest BCUT2D eigenvalue weighted by atomic mass is 9.85. The minimum Gasteiger partial charge on any atom is -0.385 e. The zero-order chi connectivity index (χ0) is 13.6. The number of anilines is 1. The minimum atomic E-state index is 0.473. The van der Waals surface area contributed by atoms with Crippen LogP contribution in [0.2, 0.25) is 0 Å². The molecule has 1 unspecified atom stereocenters. The maximum atomic E-state index is 3.65. The lowest BCUT2D eigenvalue weighted by Gasteiger charge is -2.26. The molecule has 19 heavy (non-hydrogen) atoms. The number of nitrogens with one attached hydrogen (secondary N) is 1. The molecule has 1 nitrogen and oxygen atoms in total. The van der Waals surface area contributed by atoms with Crippen molar-refractivity contribution in [3.05, 3.63) is 51.6 Å². The van der Waals surface area contributed by atoms with Crippen molar-refractivity contribution in [2.24, 2.45) is 0 Å². The molecule has 1 atom stereocenters.